The van der Waals surface area contributed by atoms with Gasteiger partial charge in [0.2, 0.25) is 0 Å². The molecule has 0 aliphatic heterocycles. The number of halogens is 1. The first-order valence-corrected chi connectivity index (χ1v) is 13.0. The van der Waals surface area contributed by atoms with Crippen molar-refractivity contribution in [3.63, 3.8) is 0 Å². The fourth-order valence-corrected chi connectivity index (χ4v) is 5.17. The number of phenolic OH excluding ortho intramolecular Hbond substituents is 1. The largest absolute Gasteiger partial charge is 0.503 e. The number of amides is 1. The van der Waals surface area contributed by atoms with Gasteiger partial charge in [-0.25, -0.2) is 13.8 Å². The summed E-state index contributed by atoms with van der Waals surface area (Å²) in [6.45, 7) is 1.28. The highest BCUT2D eigenvalue weighted by atomic mass is 79.9. The van der Waals surface area contributed by atoms with Gasteiger partial charge >= 0.3 is 0 Å². The molecule has 3 aromatic carbocycles. The molecule has 0 aromatic heterocycles. The Hall–Kier alpha value is -3.77. The molecule has 3 rings (SSSR count). The van der Waals surface area contributed by atoms with Gasteiger partial charge in [0, 0.05) is 6.07 Å². The van der Waals surface area contributed by atoms with Crippen molar-refractivity contribution in [1.29, 1.82) is 0 Å². The van der Waals surface area contributed by atoms with Crippen LogP contribution in [0.15, 0.2) is 69.1 Å². The Morgan fingerprint density at radius 1 is 1.00 bits per heavy atom. The molecule has 0 atom stereocenters. The number of hydrazone groups is 1. The lowest BCUT2D eigenvalue weighted by Crippen LogP contribution is -2.39. The van der Waals surface area contributed by atoms with E-state index in [1.54, 1.807) is 24.3 Å². The van der Waals surface area contributed by atoms with Crippen LogP contribution in [0.1, 0.15) is 11.1 Å². The molecule has 3 aromatic rings. The monoisotopic (exact) mass is 591 g/mol. The van der Waals surface area contributed by atoms with Gasteiger partial charge in [-0.3, -0.25) is 9.10 Å². The molecule has 196 valence electrons. The van der Waals surface area contributed by atoms with Crippen LogP contribution in [0.4, 0.5) is 5.69 Å². The van der Waals surface area contributed by atoms with E-state index in [0.717, 1.165) is 9.87 Å². The molecule has 0 radical (unpaired) electrons. The zero-order chi connectivity index (χ0) is 27.2. The topological polar surface area (TPSA) is 127 Å². The molecule has 0 aliphatic rings. The Bertz CT molecular complexity index is 1410. The number of methoxy groups -OCH3 is 3. The molecule has 2 N–H and O–H groups in total. The Kier molecular flexibility index (Phi) is 9.00. The van der Waals surface area contributed by atoms with Crippen LogP contribution >= 0.6 is 15.9 Å². The van der Waals surface area contributed by atoms with Gasteiger partial charge in [-0.15, -0.1) is 0 Å². The predicted molar refractivity (Wildman–Crippen MR) is 143 cm³/mol. The van der Waals surface area contributed by atoms with Gasteiger partial charge in [0.1, 0.15) is 6.54 Å². The number of hydrogen-bond donors (Lipinski definition) is 2. The van der Waals surface area contributed by atoms with E-state index >= 15 is 0 Å². The summed E-state index contributed by atoms with van der Waals surface area (Å²) < 4.78 is 44.1. The summed E-state index contributed by atoms with van der Waals surface area (Å²) in [7, 11) is 0.164. The first-order valence-electron chi connectivity index (χ1n) is 10.8. The minimum absolute atomic E-state index is 0.0187. The molecule has 0 saturated carbocycles. The maximum atomic E-state index is 13.6. The number of ether oxygens (including phenoxy) is 3. The van der Waals surface area contributed by atoms with E-state index in [4.69, 9.17) is 14.2 Å². The van der Waals surface area contributed by atoms with Crippen molar-refractivity contribution < 1.29 is 32.5 Å². The van der Waals surface area contributed by atoms with Crippen molar-refractivity contribution in [3.8, 4) is 23.0 Å². The number of nitrogens with one attached hydrogen (secondary N) is 1. The molecule has 0 saturated heterocycles. The summed E-state index contributed by atoms with van der Waals surface area (Å²) in [5.41, 5.74) is 3.94. The summed E-state index contributed by atoms with van der Waals surface area (Å²) in [4.78, 5) is 12.8. The normalized spacial score (nSPS) is 11.3. The standard InChI is InChI=1S/C25H26BrN3O7S/c1-16-5-8-19(9-6-16)37(32,33)29(18-7-10-21(34-2)22(13-18)35-3)15-24(30)28-27-14-17-11-20(26)25(31)23(12-17)36-4/h5-14,31H,15H2,1-4H3,(H,28,30)/b27-14-. The number of anilines is 1. The number of sulfonamides is 1. The second kappa shape index (κ2) is 12.0. The van der Waals surface area contributed by atoms with Gasteiger partial charge in [0.25, 0.3) is 15.9 Å². The van der Waals surface area contributed by atoms with Crippen LogP contribution < -0.4 is 23.9 Å². The molecule has 0 heterocycles. The van der Waals surface area contributed by atoms with Crippen LogP contribution in [0.3, 0.4) is 0 Å². The van der Waals surface area contributed by atoms with Crippen molar-refractivity contribution in [2.75, 3.05) is 32.2 Å². The van der Waals surface area contributed by atoms with E-state index in [0.29, 0.717) is 21.5 Å². The van der Waals surface area contributed by atoms with Gasteiger partial charge in [-0.1, -0.05) is 17.7 Å². The SMILES string of the molecule is COc1ccc(N(CC(=O)N/N=C\c2cc(Br)c(O)c(OC)c2)S(=O)(=O)c2ccc(C)cc2)cc1OC. The lowest BCUT2D eigenvalue weighted by Gasteiger charge is -2.24. The Morgan fingerprint density at radius 3 is 2.27 bits per heavy atom. The number of rotatable bonds is 10. The van der Waals surface area contributed by atoms with Crippen LogP contribution in [0.25, 0.3) is 0 Å². The van der Waals surface area contributed by atoms with Gasteiger partial charge in [0.15, 0.2) is 23.0 Å². The minimum Gasteiger partial charge on any atom is -0.503 e. The number of aromatic hydroxyl groups is 1. The average molecular weight is 592 g/mol. The number of phenols is 1. The van der Waals surface area contributed by atoms with Crippen molar-refractivity contribution in [2.24, 2.45) is 5.10 Å². The van der Waals surface area contributed by atoms with E-state index in [9.17, 15) is 18.3 Å². The summed E-state index contributed by atoms with van der Waals surface area (Å²) in [6, 6.07) is 13.9. The zero-order valence-electron chi connectivity index (χ0n) is 20.6. The van der Waals surface area contributed by atoms with Crippen LogP contribution in [-0.2, 0) is 14.8 Å². The number of hydrogen-bond acceptors (Lipinski definition) is 8. The number of carbonyl (C=O) groups is 1. The molecule has 12 heteroatoms. The Labute approximate surface area is 223 Å². The second-order valence-electron chi connectivity index (χ2n) is 7.71. The lowest BCUT2D eigenvalue weighted by molar-refractivity contribution is -0.119. The molecule has 0 fully saturated rings. The second-order valence-corrected chi connectivity index (χ2v) is 10.4. The Balaban J connectivity index is 1.91. The molecular weight excluding hydrogens is 566 g/mol. The maximum Gasteiger partial charge on any atom is 0.264 e. The van der Waals surface area contributed by atoms with Gasteiger partial charge in [0.05, 0.1) is 42.6 Å². The predicted octanol–water partition coefficient (Wildman–Crippen LogP) is 3.83. The third kappa shape index (κ3) is 6.52. The smallest absolute Gasteiger partial charge is 0.264 e. The summed E-state index contributed by atoms with van der Waals surface area (Å²) in [6.07, 6.45) is 1.33. The number of aryl methyl sites for hydroxylation is 1. The summed E-state index contributed by atoms with van der Waals surface area (Å²) >= 11 is 3.22. The first kappa shape index (κ1) is 27.8. The number of nitrogens with zero attached hydrogens (tertiary/aromatic N) is 2. The molecule has 1 amide bonds. The molecule has 0 aliphatic carbocycles. The van der Waals surface area contributed by atoms with Crippen LogP contribution in [0, 0.1) is 6.92 Å². The van der Waals surface area contributed by atoms with Gasteiger partial charge in [-0.05, 0) is 64.8 Å². The highest BCUT2D eigenvalue weighted by Crippen LogP contribution is 2.35. The summed E-state index contributed by atoms with van der Waals surface area (Å²) in [5.74, 6) is 0.158. The van der Waals surface area contributed by atoms with Crippen molar-refractivity contribution in [3.05, 3.63) is 70.2 Å². The molecule has 0 bridgehead atoms. The fraction of sp³-hybridized carbons (Fsp3) is 0.200. The zero-order valence-corrected chi connectivity index (χ0v) is 23.0. The lowest BCUT2D eigenvalue weighted by atomic mass is 10.2. The van der Waals surface area contributed by atoms with E-state index in [2.05, 4.69) is 26.5 Å². The third-order valence-electron chi connectivity index (χ3n) is 5.22. The summed E-state index contributed by atoms with van der Waals surface area (Å²) in [5, 5.41) is 13.8. The molecule has 10 nitrogen and oxygen atoms in total. The molecule has 0 unspecified atom stereocenters. The van der Waals surface area contributed by atoms with E-state index in [1.807, 2.05) is 6.92 Å². The van der Waals surface area contributed by atoms with Gasteiger partial charge in [-0.2, -0.15) is 5.10 Å². The van der Waals surface area contributed by atoms with E-state index < -0.39 is 22.5 Å². The molecule has 37 heavy (non-hydrogen) atoms. The quantitative estimate of drug-likeness (QED) is 0.271. The Morgan fingerprint density at radius 2 is 1.65 bits per heavy atom. The van der Waals surface area contributed by atoms with Crippen molar-refractivity contribution in [2.45, 2.75) is 11.8 Å². The molecule has 0 spiro atoms. The highest BCUT2D eigenvalue weighted by Gasteiger charge is 2.28. The third-order valence-corrected chi connectivity index (χ3v) is 7.62. The molecular formula is C25H26BrN3O7S. The van der Waals surface area contributed by atoms with E-state index in [-0.39, 0.29) is 22.1 Å². The van der Waals surface area contributed by atoms with Crippen LogP contribution in [0.5, 0.6) is 23.0 Å². The van der Waals surface area contributed by atoms with Crippen molar-refractivity contribution in [1.82, 2.24) is 5.43 Å². The number of benzene rings is 3. The van der Waals surface area contributed by atoms with Crippen LogP contribution in [0.2, 0.25) is 0 Å². The van der Waals surface area contributed by atoms with Crippen LogP contribution in [-0.4, -0.2) is 53.5 Å². The number of carbonyl (C=O) groups excluding carboxylic acids is 1. The minimum atomic E-state index is -4.13. The first-order chi connectivity index (χ1) is 17.6. The van der Waals surface area contributed by atoms with E-state index in [1.165, 1.54) is 57.9 Å². The van der Waals surface area contributed by atoms with Gasteiger partial charge < -0.3 is 19.3 Å². The maximum absolute atomic E-state index is 13.6. The highest BCUT2D eigenvalue weighted by molar-refractivity contribution is 9.10. The fourth-order valence-electron chi connectivity index (χ4n) is 3.30. The average Bonchev–Trinajstić information content (AvgIpc) is 2.88. The van der Waals surface area contributed by atoms with Crippen molar-refractivity contribution >= 4 is 43.8 Å².